The van der Waals surface area contributed by atoms with Gasteiger partial charge in [-0.05, 0) is 46.5 Å². The van der Waals surface area contributed by atoms with E-state index in [1.54, 1.807) is 20.8 Å². The van der Waals surface area contributed by atoms with E-state index in [4.69, 9.17) is 9.47 Å². The van der Waals surface area contributed by atoms with Crippen molar-refractivity contribution >= 4 is 18.0 Å². The lowest BCUT2D eigenvalue weighted by molar-refractivity contribution is -0.143. The Morgan fingerprint density at radius 3 is 2.50 bits per heavy atom. The summed E-state index contributed by atoms with van der Waals surface area (Å²) in [5, 5.41) is 5.48. The number of hydrogen-bond donors (Lipinski definition) is 2. The summed E-state index contributed by atoms with van der Waals surface area (Å²) >= 11 is 0. The average Bonchev–Trinajstić information content (AvgIpc) is 3.05. The summed E-state index contributed by atoms with van der Waals surface area (Å²) in [6.07, 6.45) is 2.20. The third kappa shape index (κ3) is 4.11. The molecule has 2 aliphatic rings. The molecule has 1 aliphatic carbocycles. The molecule has 7 nitrogen and oxygen atoms in total. The lowest BCUT2D eigenvalue weighted by atomic mass is 9.95. The first-order chi connectivity index (χ1) is 10.1. The zero-order valence-corrected chi connectivity index (χ0v) is 13.5. The van der Waals surface area contributed by atoms with Gasteiger partial charge in [0, 0.05) is 11.5 Å². The van der Waals surface area contributed by atoms with E-state index in [0.29, 0.717) is 6.42 Å². The Balaban J connectivity index is 1.96. The number of hydrogen-bond acceptors (Lipinski definition) is 5. The van der Waals surface area contributed by atoms with Crippen LogP contribution in [0.15, 0.2) is 0 Å². The fraction of sp³-hybridized carbons (Fsp3) is 0.800. The van der Waals surface area contributed by atoms with E-state index in [0.717, 1.165) is 12.8 Å². The van der Waals surface area contributed by atoms with Crippen molar-refractivity contribution in [1.29, 1.82) is 0 Å². The standard InChI is InChI=1S/C15H24N2O5/c1-14(2,3)22-13(20)16-10(12(19)21-4)7-9-8-15(5-6-15)17-11(9)18/h9-10H,5-8H2,1-4H3,(H,16,20)(H,17,18)/t9-,10+/m1/s1. The summed E-state index contributed by atoms with van der Waals surface area (Å²) in [6, 6.07) is -0.885. The molecule has 1 heterocycles. The van der Waals surface area contributed by atoms with E-state index in [1.807, 2.05) is 0 Å². The normalized spacial score (nSPS) is 23.6. The van der Waals surface area contributed by atoms with Gasteiger partial charge in [-0.25, -0.2) is 9.59 Å². The number of nitrogens with one attached hydrogen (secondary N) is 2. The molecule has 2 N–H and O–H groups in total. The van der Waals surface area contributed by atoms with Crippen molar-refractivity contribution in [3.8, 4) is 0 Å². The number of ether oxygens (including phenoxy) is 2. The van der Waals surface area contributed by atoms with E-state index in [2.05, 4.69) is 10.6 Å². The number of carbonyl (C=O) groups is 3. The van der Waals surface area contributed by atoms with Gasteiger partial charge in [0.05, 0.1) is 7.11 Å². The van der Waals surface area contributed by atoms with Crippen LogP contribution in [0.2, 0.25) is 0 Å². The Kier molecular flexibility index (Phi) is 4.35. The van der Waals surface area contributed by atoms with Gasteiger partial charge >= 0.3 is 12.1 Å². The molecular weight excluding hydrogens is 288 g/mol. The van der Waals surface area contributed by atoms with Crippen LogP contribution < -0.4 is 10.6 Å². The summed E-state index contributed by atoms with van der Waals surface area (Å²) in [5.41, 5.74) is -0.720. The molecule has 1 saturated heterocycles. The van der Waals surface area contributed by atoms with Gasteiger partial charge in [-0.2, -0.15) is 0 Å². The van der Waals surface area contributed by atoms with Crippen LogP contribution in [0.25, 0.3) is 0 Å². The maximum atomic E-state index is 12.0. The molecule has 0 aromatic heterocycles. The van der Waals surface area contributed by atoms with Crippen molar-refractivity contribution in [1.82, 2.24) is 10.6 Å². The van der Waals surface area contributed by atoms with Gasteiger partial charge in [0.1, 0.15) is 11.6 Å². The highest BCUT2D eigenvalue weighted by Crippen LogP contribution is 2.46. The van der Waals surface area contributed by atoms with Gasteiger partial charge in [0.25, 0.3) is 0 Å². The molecule has 0 aromatic carbocycles. The van der Waals surface area contributed by atoms with Crippen molar-refractivity contribution in [2.75, 3.05) is 7.11 Å². The van der Waals surface area contributed by atoms with Crippen LogP contribution in [0.4, 0.5) is 4.79 Å². The molecule has 2 atom stereocenters. The van der Waals surface area contributed by atoms with Crippen LogP contribution in [0, 0.1) is 5.92 Å². The van der Waals surface area contributed by atoms with Gasteiger partial charge < -0.3 is 20.1 Å². The number of amides is 2. The van der Waals surface area contributed by atoms with Crippen molar-refractivity contribution in [2.45, 2.75) is 63.6 Å². The molecule has 2 rings (SSSR count). The van der Waals surface area contributed by atoms with E-state index >= 15 is 0 Å². The van der Waals surface area contributed by atoms with E-state index in [-0.39, 0.29) is 23.8 Å². The summed E-state index contributed by atoms with van der Waals surface area (Å²) in [7, 11) is 1.25. The first-order valence-corrected chi connectivity index (χ1v) is 7.53. The van der Waals surface area contributed by atoms with Crippen molar-refractivity contribution in [2.24, 2.45) is 5.92 Å². The van der Waals surface area contributed by atoms with Crippen molar-refractivity contribution < 1.29 is 23.9 Å². The smallest absolute Gasteiger partial charge is 0.408 e. The van der Waals surface area contributed by atoms with E-state index < -0.39 is 23.7 Å². The highest BCUT2D eigenvalue weighted by Gasteiger charge is 2.52. The SMILES string of the molecule is COC(=O)[C@H](C[C@@H]1CC2(CC2)NC1=O)NC(=O)OC(C)(C)C. The average molecular weight is 312 g/mol. The Bertz CT molecular complexity index is 479. The Morgan fingerprint density at radius 2 is 2.05 bits per heavy atom. The molecule has 1 saturated carbocycles. The zero-order chi connectivity index (χ0) is 16.5. The van der Waals surface area contributed by atoms with Crippen molar-refractivity contribution in [3.05, 3.63) is 0 Å². The van der Waals surface area contributed by atoms with Gasteiger partial charge in [-0.15, -0.1) is 0 Å². The lowest BCUT2D eigenvalue weighted by Gasteiger charge is -2.23. The predicted molar refractivity (Wildman–Crippen MR) is 78.0 cm³/mol. The molecule has 0 aromatic rings. The van der Waals surface area contributed by atoms with Crippen LogP contribution in [0.1, 0.15) is 46.5 Å². The number of esters is 1. The first kappa shape index (κ1) is 16.6. The highest BCUT2D eigenvalue weighted by atomic mass is 16.6. The second kappa shape index (κ2) is 5.78. The number of carbonyl (C=O) groups excluding carboxylic acids is 3. The van der Waals surface area contributed by atoms with Gasteiger partial charge in [-0.1, -0.05) is 0 Å². The molecule has 124 valence electrons. The first-order valence-electron chi connectivity index (χ1n) is 7.53. The maximum Gasteiger partial charge on any atom is 0.408 e. The molecular formula is C15H24N2O5. The number of alkyl carbamates (subject to hydrolysis) is 1. The maximum absolute atomic E-state index is 12.0. The topological polar surface area (TPSA) is 93.7 Å². The summed E-state index contributed by atoms with van der Waals surface area (Å²) in [6.45, 7) is 5.21. The third-order valence-corrected chi connectivity index (χ3v) is 3.95. The predicted octanol–water partition coefficient (Wildman–Crippen LogP) is 1.11. The summed E-state index contributed by atoms with van der Waals surface area (Å²) in [5.74, 6) is -0.922. The minimum absolute atomic E-state index is 0.0580. The van der Waals surface area contributed by atoms with Crippen LogP contribution in [0.5, 0.6) is 0 Å². The molecule has 0 unspecified atom stereocenters. The molecule has 1 spiro atoms. The molecule has 0 radical (unpaired) electrons. The minimum Gasteiger partial charge on any atom is -0.467 e. The fourth-order valence-electron chi connectivity index (χ4n) is 2.74. The van der Waals surface area contributed by atoms with Crippen LogP contribution in [0.3, 0.4) is 0 Å². The van der Waals surface area contributed by atoms with Gasteiger partial charge in [-0.3, -0.25) is 4.79 Å². The quantitative estimate of drug-likeness (QED) is 0.759. The molecule has 2 amide bonds. The van der Waals surface area contributed by atoms with Gasteiger partial charge in [0.15, 0.2) is 0 Å². The monoisotopic (exact) mass is 312 g/mol. The summed E-state index contributed by atoms with van der Waals surface area (Å²) in [4.78, 5) is 35.7. The molecule has 0 bridgehead atoms. The zero-order valence-electron chi connectivity index (χ0n) is 13.5. The molecule has 22 heavy (non-hydrogen) atoms. The Morgan fingerprint density at radius 1 is 1.41 bits per heavy atom. The highest BCUT2D eigenvalue weighted by molar-refractivity contribution is 5.85. The third-order valence-electron chi connectivity index (χ3n) is 3.95. The van der Waals surface area contributed by atoms with E-state index in [1.165, 1.54) is 7.11 Å². The minimum atomic E-state index is -0.885. The van der Waals surface area contributed by atoms with Crippen LogP contribution in [-0.2, 0) is 19.1 Å². The lowest BCUT2D eigenvalue weighted by Crippen LogP contribution is -2.45. The molecule has 2 fully saturated rings. The Labute approximate surface area is 130 Å². The van der Waals surface area contributed by atoms with Crippen LogP contribution in [-0.4, -0.2) is 42.3 Å². The fourth-order valence-corrected chi connectivity index (χ4v) is 2.74. The van der Waals surface area contributed by atoms with Gasteiger partial charge in [0.2, 0.25) is 5.91 Å². The number of methoxy groups -OCH3 is 1. The second-order valence-corrected chi connectivity index (χ2v) is 7.13. The molecule has 1 aliphatic heterocycles. The van der Waals surface area contributed by atoms with E-state index in [9.17, 15) is 14.4 Å². The van der Waals surface area contributed by atoms with Crippen LogP contribution >= 0.6 is 0 Å². The Hall–Kier alpha value is -1.79. The number of rotatable bonds is 4. The second-order valence-electron chi connectivity index (χ2n) is 7.13. The molecule has 7 heteroatoms. The summed E-state index contributed by atoms with van der Waals surface area (Å²) < 4.78 is 9.86. The van der Waals surface area contributed by atoms with Crippen molar-refractivity contribution in [3.63, 3.8) is 0 Å². The largest absolute Gasteiger partial charge is 0.467 e.